The van der Waals surface area contributed by atoms with Crippen molar-refractivity contribution in [2.75, 3.05) is 5.84 Å². The van der Waals surface area contributed by atoms with Gasteiger partial charge >= 0.3 is 72.0 Å². The number of nitrogens with two attached hydrogens (primary N) is 1. The van der Waals surface area contributed by atoms with E-state index >= 15 is 0 Å². The van der Waals surface area contributed by atoms with Gasteiger partial charge in [-0.15, -0.1) is 0 Å². The van der Waals surface area contributed by atoms with Crippen molar-refractivity contribution in [2.24, 2.45) is 0 Å². The fourth-order valence-electron chi connectivity index (χ4n) is 0.393. The van der Waals surface area contributed by atoms with Crippen LogP contribution in [0.1, 0.15) is 10.6 Å². The Morgan fingerprint density at radius 3 is 2.90 bits per heavy atom. The summed E-state index contributed by atoms with van der Waals surface area (Å²) in [5.41, 5.74) is 0. The Morgan fingerprint density at radius 1 is 1.80 bits per heavy atom. The van der Waals surface area contributed by atoms with Gasteiger partial charge in [0.1, 0.15) is 0 Å². The van der Waals surface area contributed by atoms with Gasteiger partial charge in [-0.25, -0.2) is 0 Å². The number of tetrazole rings is 1. The van der Waals surface area contributed by atoms with E-state index in [1.807, 2.05) is 0 Å². The summed E-state index contributed by atoms with van der Waals surface area (Å²) in [6.07, 6.45) is 0. The van der Waals surface area contributed by atoms with E-state index in [1.165, 1.54) is 0 Å². The van der Waals surface area contributed by atoms with Crippen molar-refractivity contribution in [3.8, 4) is 0 Å². The zero-order valence-electron chi connectivity index (χ0n) is 4.89. The van der Waals surface area contributed by atoms with E-state index in [1.54, 1.807) is 0 Å². The fraction of sp³-hybridized carbons (Fsp3) is 0. The summed E-state index contributed by atoms with van der Waals surface area (Å²) in [6, 6.07) is 0. The third-order valence-electron chi connectivity index (χ3n) is 0.806. The van der Waals surface area contributed by atoms with Crippen LogP contribution < -0.4 is 5.84 Å². The molecule has 0 amide bonds. The standard InChI is InChI=1S/C2H3N5O2.Hg/c3-7-1(2(8)9)4-5-6-7;/h3H2,(H,8,9);/q;+1/p-1. The Balaban J connectivity index is 2.93. The van der Waals surface area contributed by atoms with E-state index in [2.05, 4.69) is 18.2 Å². The van der Waals surface area contributed by atoms with E-state index in [4.69, 9.17) is 5.84 Å². The monoisotopic (exact) mass is 330 g/mol. The number of aromatic nitrogens is 4. The predicted molar refractivity (Wildman–Crippen MR) is 23.4 cm³/mol. The molecule has 0 spiro atoms. The van der Waals surface area contributed by atoms with E-state index in [0.717, 1.165) is 4.79 Å². The van der Waals surface area contributed by atoms with Crippen molar-refractivity contribution < 1.29 is 34.0 Å². The molecule has 0 saturated carbocycles. The van der Waals surface area contributed by atoms with Gasteiger partial charge in [-0.3, -0.25) is 0 Å². The van der Waals surface area contributed by atoms with E-state index in [-0.39, 0.29) is 32.4 Å². The van der Waals surface area contributed by atoms with Crippen LogP contribution in [0.5, 0.6) is 0 Å². The van der Waals surface area contributed by atoms with Gasteiger partial charge in [0.05, 0.1) is 0 Å². The normalized spacial score (nSPS) is 9.40. The van der Waals surface area contributed by atoms with Crippen molar-refractivity contribution in [1.29, 1.82) is 0 Å². The molecule has 0 atom stereocenters. The van der Waals surface area contributed by atoms with Gasteiger partial charge in [-0.2, -0.15) is 0 Å². The number of carbonyl (C=O) groups is 1. The second-order valence-corrected chi connectivity index (χ2v) is 2.50. The van der Waals surface area contributed by atoms with Crippen LogP contribution in [-0.2, 0) is 29.2 Å². The third kappa shape index (κ3) is 1.23. The summed E-state index contributed by atoms with van der Waals surface area (Å²) in [5.74, 6) is 4.47. The summed E-state index contributed by atoms with van der Waals surface area (Å²) in [6.45, 7) is 0. The first kappa shape index (κ1) is 7.38. The number of hydrogen-bond donors (Lipinski definition) is 1. The minimum absolute atomic E-state index is 0.0636. The first-order valence-corrected chi connectivity index (χ1v) is 4.50. The molecule has 0 fully saturated rings. The average Bonchev–Trinajstić information content (AvgIpc) is 2.34. The number of rotatable bonds is 1. The molecule has 0 aromatic carbocycles. The van der Waals surface area contributed by atoms with Crippen LogP contribution in [0.4, 0.5) is 0 Å². The molecule has 2 N–H and O–H groups in total. The van der Waals surface area contributed by atoms with Crippen LogP contribution in [0.3, 0.4) is 0 Å². The van der Waals surface area contributed by atoms with E-state index < -0.39 is 5.97 Å². The quantitative estimate of drug-likeness (QED) is 0.473. The van der Waals surface area contributed by atoms with Gasteiger partial charge in [-0.05, 0) is 0 Å². The number of nitrogen functional groups attached to an aromatic ring is 1. The molecule has 1 rings (SSSR count). The van der Waals surface area contributed by atoms with Gasteiger partial charge < -0.3 is 0 Å². The van der Waals surface area contributed by atoms with Gasteiger partial charge in [0.2, 0.25) is 0 Å². The Labute approximate surface area is 72.1 Å². The molecule has 0 radical (unpaired) electrons. The van der Waals surface area contributed by atoms with Crippen LogP contribution in [-0.4, -0.2) is 26.3 Å². The Kier molecular flexibility index (Phi) is 2.15. The van der Waals surface area contributed by atoms with E-state index in [9.17, 15) is 4.79 Å². The SMILES string of the molecule is Nn1nnnc1C(=O)[O][Hg]. The Bertz CT molecular complexity index is 246. The van der Waals surface area contributed by atoms with E-state index in [0.29, 0.717) is 0 Å². The van der Waals surface area contributed by atoms with Gasteiger partial charge in [0.25, 0.3) is 0 Å². The molecule has 0 aliphatic heterocycles. The molecule has 7 nitrogen and oxygen atoms in total. The third-order valence-corrected chi connectivity index (χ3v) is 1.83. The number of carbonyl (C=O) groups excluding carboxylic acids is 1. The molecule has 0 saturated heterocycles. The first-order valence-electron chi connectivity index (χ1n) is 2.25. The number of hydrogen-bond acceptors (Lipinski definition) is 6. The summed E-state index contributed by atoms with van der Waals surface area (Å²) >= 11 is -0.0636. The molecule has 0 unspecified atom stereocenters. The second kappa shape index (κ2) is 2.91. The van der Waals surface area contributed by atoms with Crippen LogP contribution in [0.25, 0.3) is 0 Å². The first-order chi connectivity index (χ1) is 4.75. The summed E-state index contributed by atoms with van der Waals surface area (Å²) in [4.78, 5) is 11.5. The maximum absolute atomic E-state index is 10.7. The zero-order valence-corrected chi connectivity index (χ0v) is 10.4. The van der Waals surface area contributed by atoms with Crippen molar-refractivity contribution >= 4 is 5.97 Å². The maximum atomic E-state index is 10.7. The van der Waals surface area contributed by atoms with Crippen LogP contribution in [0.15, 0.2) is 0 Å². The van der Waals surface area contributed by atoms with Crippen molar-refractivity contribution in [2.45, 2.75) is 0 Å². The molecule has 8 heteroatoms. The van der Waals surface area contributed by atoms with Crippen LogP contribution >= 0.6 is 0 Å². The van der Waals surface area contributed by atoms with Crippen molar-refractivity contribution in [1.82, 2.24) is 20.3 Å². The molecule has 0 bridgehead atoms. The van der Waals surface area contributed by atoms with Gasteiger partial charge in [-0.1, -0.05) is 0 Å². The molecule has 1 aromatic heterocycles. The molecule has 0 aliphatic rings. The van der Waals surface area contributed by atoms with Crippen LogP contribution in [0.2, 0.25) is 0 Å². The Morgan fingerprint density at radius 2 is 2.50 bits per heavy atom. The molecule has 1 heterocycles. The topological polar surface area (TPSA) is 95.9 Å². The Hall–Kier alpha value is -0.725. The predicted octanol–water partition coefficient (Wildman–Crippen LogP) is -1.99. The number of nitrogens with zero attached hydrogens (tertiary/aromatic N) is 4. The summed E-state index contributed by atoms with van der Waals surface area (Å²) in [5, 5.41) is 9.71. The molecule has 0 aliphatic carbocycles. The molecule has 1 aromatic rings. The van der Waals surface area contributed by atoms with Gasteiger partial charge in [0, 0.05) is 0 Å². The van der Waals surface area contributed by atoms with Crippen molar-refractivity contribution in [3.63, 3.8) is 0 Å². The molecular formula is C2H2HgN5O2. The molecule has 49 valence electrons. The zero-order chi connectivity index (χ0) is 7.56. The average molecular weight is 329 g/mol. The second-order valence-electron chi connectivity index (χ2n) is 1.38. The molecule has 10 heavy (non-hydrogen) atoms. The van der Waals surface area contributed by atoms with Gasteiger partial charge in [0.15, 0.2) is 0 Å². The van der Waals surface area contributed by atoms with Crippen molar-refractivity contribution in [3.05, 3.63) is 5.82 Å². The fourth-order valence-corrected chi connectivity index (χ4v) is 0.894. The minimum atomic E-state index is -0.573. The molecular weight excluding hydrogens is 327 g/mol. The summed E-state index contributed by atoms with van der Waals surface area (Å²) < 4.78 is 4.49. The van der Waals surface area contributed by atoms with Crippen LogP contribution in [0, 0.1) is 0 Å². The summed E-state index contributed by atoms with van der Waals surface area (Å²) in [7, 11) is 0.